The molecule has 0 saturated heterocycles. The van der Waals surface area contributed by atoms with Gasteiger partial charge in [-0.3, -0.25) is 25.2 Å². The molecule has 0 aliphatic carbocycles. The summed E-state index contributed by atoms with van der Waals surface area (Å²) in [5.41, 5.74) is 0.688. The summed E-state index contributed by atoms with van der Waals surface area (Å²) < 4.78 is 0. The lowest BCUT2D eigenvalue weighted by Gasteiger charge is -2.33. The first-order valence-electron chi connectivity index (χ1n) is 9.82. The van der Waals surface area contributed by atoms with Crippen LogP contribution in [0.1, 0.15) is 37.9 Å². The third kappa shape index (κ3) is 3.80. The second-order valence-electron chi connectivity index (χ2n) is 6.94. The van der Waals surface area contributed by atoms with E-state index in [0.717, 1.165) is 25.0 Å². The average molecular weight is 423 g/mol. The first-order valence-corrected chi connectivity index (χ1v) is 10.8. The number of nitro benzene ring substituents is 1. The third-order valence-corrected chi connectivity index (χ3v) is 5.86. The SMILES string of the molecule is CCCCCSC1=NN2C(=c3ccccc3=NC2c2ccccc2[N+](=O)[O-])C(=O)N1. The van der Waals surface area contributed by atoms with Crippen molar-refractivity contribution >= 4 is 34.2 Å². The van der Waals surface area contributed by atoms with Crippen molar-refractivity contribution in [2.24, 2.45) is 10.1 Å². The summed E-state index contributed by atoms with van der Waals surface area (Å²) in [6.07, 6.45) is 2.44. The molecule has 1 N–H and O–H groups in total. The Morgan fingerprint density at radius 2 is 1.93 bits per heavy atom. The number of hydrazone groups is 1. The van der Waals surface area contributed by atoms with Crippen LogP contribution in [0.25, 0.3) is 5.70 Å². The monoisotopic (exact) mass is 423 g/mol. The normalized spacial score (nSPS) is 17.4. The summed E-state index contributed by atoms with van der Waals surface area (Å²) >= 11 is 1.47. The molecule has 2 aromatic carbocycles. The van der Waals surface area contributed by atoms with E-state index in [2.05, 4.69) is 17.3 Å². The van der Waals surface area contributed by atoms with Gasteiger partial charge in [0, 0.05) is 17.0 Å². The van der Waals surface area contributed by atoms with Crippen molar-refractivity contribution in [1.82, 2.24) is 10.3 Å². The summed E-state index contributed by atoms with van der Waals surface area (Å²) in [5, 5.41) is 22.4. The van der Waals surface area contributed by atoms with E-state index in [1.54, 1.807) is 24.3 Å². The van der Waals surface area contributed by atoms with Crippen LogP contribution in [-0.2, 0) is 4.79 Å². The highest BCUT2D eigenvalue weighted by Gasteiger charge is 2.36. The van der Waals surface area contributed by atoms with E-state index in [1.165, 1.54) is 22.8 Å². The second-order valence-corrected chi connectivity index (χ2v) is 8.03. The van der Waals surface area contributed by atoms with Gasteiger partial charge < -0.3 is 0 Å². The Bertz CT molecular complexity index is 1150. The first kappa shape index (κ1) is 20.1. The topological polar surface area (TPSA) is 100 Å². The number of thioether (sulfide) groups is 1. The van der Waals surface area contributed by atoms with E-state index in [1.807, 2.05) is 18.2 Å². The van der Waals surface area contributed by atoms with Crippen molar-refractivity contribution < 1.29 is 9.72 Å². The molecule has 4 rings (SSSR count). The number of nitrogens with one attached hydrogen (secondary N) is 1. The fraction of sp³-hybridized carbons (Fsp3) is 0.286. The summed E-state index contributed by atoms with van der Waals surface area (Å²) in [5.74, 6) is 0.550. The Labute approximate surface area is 177 Å². The molecule has 0 fully saturated rings. The van der Waals surface area contributed by atoms with Gasteiger partial charge >= 0.3 is 0 Å². The van der Waals surface area contributed by atoms with E-state index in [4.69, 9.17) is 4.99 Å². The Kier molecular flexibility index (Phi) is 5.80. The molecule has 1 atom stereocenters. The number of carbonyl (C=O) groups excluding carboxylic acids is 1. The molecule has 30 heavy (non-hydrogen) atoms. The predicted molar refractivity (Wildman–Crippen MR) is 116 cm³/mol. The number of unbranched alkanes of at least 4 members (excludes halogenated alkanes) is 2. The molecule has 2 aromatic rings. The molecule has 2 heterocycles. The number of nitrogens with zero attached hydrogens (tertiary/aromatic N) is 4. The van der Waals surface area contributed by atoms with E-state index < -0.39 is 11.1 Å². The molecule has 0 spiro atoms. The largest absolute Gasteiger partial charge is 0.298 e. The number of hydrogen-bond acceptors (Lipinski definition) is 7. The van der Waals surface area contributed by atoms with Gasteiger partial charge in [-0.15, -0.1) is 5.10 Å². The van der Waals surface area contributed by atoms with E-state index in [-0.39, 0.29) is 11.6 Å². The van der Waals surface area contributed by atoms with Gasteiger partial charge in [0.2, 0.25) is 0 Å². The molecular formula is C21H21N5O3S. The van der Waals surface area contributed by atoms with Gasteiger partial charge in [0.1, 0.15) is 5.70 Å². The summed E-state index contributed by atoms with van der Waals surface area (Å²) in [6.45, 7) is 2.13. The lowest BCUT2D eigenvalue weighted by Crippen LogP contribution is -2.50. The maximum atomic E-state index is 13.0. The number of amidine groups is 1. The molecule has 0 aromatic heterocycles. The second kappa shape index (κ2) is 8.66. The van der Waals surface area contributed by atoms with E-state index >= 15 is 0 Å². The zero-order chi connectivity index (χ0) is 21.1. The molecule has 2 aliphatic heterocycles. The number of fused-ring (bicyclic) bond motifs is 2. The van der Waals surface area contributed by atoms with Gasteiger partial charge in [0.15, 0.2) is 11.3 Å². The number of para-hydroxylation sites is 2. The lowest BCUT2D eigenvalue weighted by atomic mass is 10.1. The average Bonchev–Trinajstić information content (AvgIpc) is 2.76. The van der Waals surface area contributed by atoms with Gasteiger partial charge in [0.05, 0.1) is 15.8 Å². The molecule has 0 radical (unpaired) electrons. The Morgan fingerprint density at radius 1 is 1.17 bits per heavy atom. The molecule has 0 bridgehead atoms. The van der Waals surface area contributed by atoms with Crippen molar-refractivity contribution in [3.05, 3.63) is 74.8 Å². The Balaban J connectivity index is 1.83. The number of benzene rings is 2. The number of carbonyl (C=O) groups is 1. The van der Waals surface area contributed by atoms with Crippen molar-refractivity contribution in [1.29, 1.82) is 0 Å². The molecule has 9 heteroatoms. The van der Waals surface area contributed by atoms with Gasteiger partial charge in [0.25, 0.3) is 11.6 Å². The maximum absolute atomic E-state index is 13.0. The summed E-state index contributed by atoms with van der Waals surface area (Å²) in [4.78, 5) is 28.9. The maximum Gasteiger partial charge on any atom is 0.276 e. The molecule has 2 aliphatic rings. The highest BCUT2D eigenvalue weighted by Crippen LogP contribution is 2.35. The Morgan fingerprint density at radius 3 is 2.73 bits per heavy atom. The van der Waals surface area contributed by atoms with Crippen LogP contribution in [0.3, 0.4) is 0 Å². The molecule has 0 saturated carbocycles. The first-order chi connectivity index (χ1) is 14.6. The number of rotatable bonds is 6. The van der Waals surface area contributed by atoms with Crippen LogP contribution in [0.5, 0.6) is 0 Å². The minimum Gasteiger partial charge on any atom is -0.298 e. The van der Waals surface area contributed by atoms with Crippen LogP contribution in [0.4, 0.5) is 5.69 Å². The minimum absolute atomic E-state index is 0.0525. The van der Waals surface area contributed by atoms with Crippen LogP contribution < -0.4 is 15.9 Å². The smallest absolute Gasteiger partial charge is 0.276 e. The highest BCUT2D eigenvalue weighted by molar-refractivity contribution is 8.13. The molecular weight excluding hydrogens is 402 g/mol. The fourth-order valence-corrected chi connectivity index (χ4v) is 4.34. The van der Waals surface area contributed by atoms with Crippen LogP contribution in [0.2, 0.25) is 0 Å². The van der Waals surface area contributed by atoms with E-state index in [0.29, 0.717) is 27.0 Å². The number of nitro groups is 1. The van der Waals surface area contributed by atoms with Gasteiger partial charge in [-0.1, -0.05) is 61.9 Å². The van der Waals surface area contributed by atoms with Crippen LogP contribution in [0, 0.1) is 10.1 Å². The Hall–Kier alpha value is -3.20. The zero-order valence-electron chi connectivity index (χ0n) is 16.4. The minimum atomic E-state index is -0.797. The van der Waals surface area contributed by atoms with E-state index in [9.17, 15) is 14.9 Å². The summed E-state index contributed by atoms with van der Waals surface area (Å²) in [6, 6.07) is 13.7. The van der Waals surface area contributed by atoms with Crippen LogP contribution in [0.15, 0.2) is 58.6 Å². The van der Waals surface area contributed by atoms with Gasteiger partial charge in [-0.2, -0.15) is 0 Å². The van der Waals surface area contributed by atoms with Gasteiger partial charge in [-0.05, 0) is 18.6 Å². The van der Waals surface area contributed by atoms with Crippen molar-refractivity contribution in [3.63, 3.8) is 0 Å². The zero-order valence-corrected chi connectivity index (χ0v) is 17.3. The number of hydrogen-bond donors (Lipinski definition) is 1. The standard InChI is InChI=1S/C21H21N5O3S/c1-2-3-8-13-30-21-23-20(27)18-14-9-4-6-11-16(14)22-19(25(18)24-21)15-10-5-7-12-17(15)26(28)29/h4-7,9-12,19H,2-3,8,13H2,1H3,(H,23,24,27). The fourth-order valence-electron chi connectivity index (χ4n) is 3.49. The van der Waals surface area contributed by atoms with Crippen LogP contribution >= 0.6 is 11.8 Å². The van der Waals surface area contributed by atoms with Crippen molar-refractivity contribution in [2.75, 3.05) is 5.75 Å². The van der Waals surface area contributed by atoms with Crippen molar-refractivity contribution in [3.8, 4) is 0 Å². The molecule has 154 valence electrons. The molecule has 8 nitrogen and oxygen atoms in total. The number of amides is 1. The molecule has 1 unspecified atom stereocenters. The van der Waals surface area contributed by atoms with Gasteiger partial charge in [-0.25, -0.2) is 5.01 Å². The highest BCUT2D eigenvalue weighted by atomic mass is 32.2. The van der Waals surface area contributed by atoms with Crippen molar-refractivity contribution in [2.45, 2.75) is 32.4 Å². The predicted octanol–water partition coefficient (Wildman–Crippen LogP) is 2.66. The quantitative estimate of drug-likeness (QED) is 0.437. The lowest BCUT2D eigenvalue weighted by molar-refractivity contribution is -0.385. The molecule has 1 amide bonds. The summed E-state index contributed by atoms with van der Waals surface area (Å²) in [7, 11) is 0. The third-order valence-electron chi connectivity index (χ3n) is 4.91. The van der Waals surface area contributed by atoms with Crippen LogP contribution in [-0.4, -0.2) is 26.8 Å².